The topological polar surface area (TPSA) is 45.7 Å². The van der Waals surface area contributed by atoms with E-state index in [2.05, 4.69) is 9.88 Å². The van der Waals surface area contributed by atoms with Gasteiger partial charge in [0, 0.05) is 33.0 Å². The maximum absolute atomic E-state index is 11.9. The highest BCUT2D eigenvalue weighted by Gasteiger charge is 2.28. The predicted molar refractivity (Wildman–Crippen MR) is 69.9 cm³/mol. The number of aromatic nitrogens is 1. The lowest BCUT2D eigenvalue weighted by Gasteiger charge is -2.35. The molecule has 2 heterocycles. The van der Waals surface area contributed by atoms with Crippen molar-refractivity contribution in [2.45, 2.75) is 6.10 Å². The van der Waals surface area contributed by atoms with E-state index in [0.29, 0.717) is 18.2 Å². The van der Waals surface area contributed by atoms with Gasteiger partial charge in [-0.3, -0.25) is 9.78 Å². The van der Waals surface area contributed by atoms with E-state index in [1.54, 1.807) is 31.4 Å². The number of carbonyl (C=O) groups excluding carboxylic acids is 1. The lowest BCUT2D eigenvalue weighted by atomic mass is 10.2. The Labute approximate surface area is 111 Å². The number of rotatable bonds is 2. The summed E-state index contributed by atoms with van der Waals surface area (Å²) in [7, 11) is 3.45. The first-order chi connectivity index (χ1) is 8.59. The van der Waals surface area contributed by atoms with Crippen molar-refractivity contribution in [2.24, 2.45) is 0 Å². The molecule has 0 aliphatic carbocycles. The molecule has 1 saturated heterocycles. The monoisotopic (exact) mass is 269 g/mol. The average molecular weight is 270 g/mol. The highest BCUT2D eigenvalue weighted by molar-refractivity contribution is 6.33. The van der Waals surface area contributed by atoms with Gasteiger partial charge in [0.2, 0.25) is 0 Å². The molecular formula is C12H16ClN3O2. The van der Waals surface area contributed by atoms with Crippen molar-refractivity contribution in [3.05, 3.63) is 23.5 Å². The Morgan fingerprint density at radius 2 is 2.39 bits per heavy atom. The standard InChI is InChI=1S/C12H16ClN3O2/c1-15(2)12(17)11-8-16(5-6-18-11)10-3-4-14-7-9(10)13/h3-4,7,11H,5-6,8H2,1-2H3. The van der Waals surface area contributed by atoms with Crippen LogP contribution in [-0.4, -0.2) is 55.7 Å². The molecular weight excluding hydrogens is 254 g/mol. The minimum absolute atomic E-state index is 0.0233. The molecule has 1 atom stereocenters. The van der Waals surface area contributed by atoms with Gasteiger partial charge in [-0.15, -0.1) is 0 Å². The predicted octanol–water partition coefficient (Wildman–Crippen LogP) is 1.03. The quantitative estimate of drug-likeness (QED) is 0.805. The summed E-state index contributed by atoms with van der Waals surface area (Å²) in [6, 6.07) is 1.85. The second-order valence-corrected chi connectivity index (χ2v) is 4.77. The van der Waals surface area contributed by atoms with Crippen molar-refractivity contribution in [1.29, 1.82) is 0 Å². The van der Waals surface area contributed by atoms with E-state index >= 15 is 0 Å². The van der Waals surface area contributed by atoms with Crippen molar-refractivity contribution in [3.63, 3.8) is 0 Å². The van der Waals surface area contributed by atoms with Gasteiger partial charge in [0.15, 0.2) is 6.10 Å². The van der Waals surface area contributed by atoms with Crippen molar-refractivity contribution in [1.82, 2.24) is 9.88 Å². The van der Waals surface area contributed by atoms with Gasteiger partial charge < -0.3 is 14.5 Å². The molecule has 1 aromatic rings. The zero-order chi connectivity index (χ0) is 13.1. The SMILES string of the molecule is CN(C)C(=O)C1CN(c2ccncc2Cl)CCO1. The number of pyridine rings is 1. The van der Waals surface area contributed by atoms with Gasteiger partial charge in [-0.2, -0.15) is 0 Å². The smallest absolute Gasteiger partial charge is 0.253 e. The summed E-state index contributed by atoms with van der Waals surface area (Å²) in [5.74, 6) is -0.0233. The van der Waals surface area contributed by atoms with Gasteiger partial charge in [-0.25, -0.2) is 0 Å². The van der Waals surface area contributed by atoms with Crippen molar-refractivity contribution >= 4 is 23.2 Å². The number of likely N-dealkylation sites (N-methyl/N-ethyl adjacent to an activating group) is 1. The number of nitrogens with zero attached hydrogens (tertiary/aromatic N) is 3. The van der Waals surface area contributed by atoms with Crippen LogP contribution >= 0.6 is 11.6 Å². The van der Waals surface area contributed by atoms with Gasteiger partial charge >= 0.3 is 0 Å². The molecule has 1 unspecified atom stereocenters. The Morgan fingerprint density at radius 3 is 3.06 bits per heavy atom. The van der Waals surface area contributed by atoms with Crippen LogP contribution in [0.15, 0.2) is 18.5 Å². The number of hydrogen-bond acceptors (Lipinski definition) is 4. The molecule has 0 spiro atoms. The third kappa shape index (κ3) is 2.73. The summed E-state index contributed by atoms with van der Waals surface area (Å²) in [6.45, 7) is 1.75. The number of anilines is 1. The van der Waals surface area contributed by atoms with Crippen LogP contribution < -0.4 is 4.90 Å². The number of hydrogen-bond donors (Lipinski definition) is 0. The number of halogens is 1. The Hall–Kier alpha value is -1.33. The van der Waals surface area contributed by atoms with Crippen LogP contribution in [0.25, 0.3) is 0 Å². The number of ether oxygens (including phenoxy) is 1. The minimum atomic E-state index is -0.432. The van der Waals surface area contributed by atoms with Gasteiger partial charge in [0.1, 0.15) is 0 Å². The van der Waals surface area contributed by atoms with Crippen LogP contribution in [0.1, 0.15) is 0 Å². The van der Waals surface area contributed by atoms with E-state index in [0.717, 1.165) is 12.2 Å². The average Bonchev–Trinajstić information content (AvgIpc) is 2.38. The molecule has 0 aromatic carbocycles. The summed E-state index contributed by atoms with van der Waals surface area (Å²) in [4.78, 5) is 19.4. The molecule has 0 radical (unpaired) electrons. The third-order valence-corrected chi connectivity index (χ3v) is 3.17. The first-order valence-electron chi connectivity index (χ1n) is 5.77. The lowest BCUT2D eigenvalue weighted by molar-refractivity contribution is -0.141. The van der Waals surface area contributed by atoms with Crippen LogP contribution in [0.2, 0.25) is 5.02 Å². The van der Waals surface area contributed by atoms with Gasteiger partial charge in [0.05, 0.1) is 23.9 Å². The molecule has 0 saturated carbocycles. The van der Waals surface area contributed by atoms with Crippen LogP contribution in [0.5, 0.6) is 0 Å². The van der Waals surface area contributed by atoms with E-state index < -0.39 is 6.10 Å². The Bertz CT molecular complexity index is 439. The molecule has 6 heteroatoms. The van der Waals surface area contributed by atoms with Crippen molar-refractivity contribution in [2.75, 3.05) is 38.7 Å². The van der Waals surface area contributed by atoms with E-state index in [-0.39, 0.29) is 5.91 Å². The largest absolute Gasteiger partial charge is 0.365 e. The summed E-state index contributed by atoms with van der Waals surface area (Å²) < 4.78 is 5.50. The fourth-order valence-electron chi connectivity index (χ4n) is 1.93. The van der Waals surface area contributed by atoms with Gasteiger partial charge in [-0.1, -0.05) is 11.6 Å². The highest BCUT2D eigenvalue weighted by atomic mass is 35.5. The molecule has 1 aliphatic rings. The Balaban J connectivity index is 2.12. The molecule has 0 bridgehead atoms. The Morgan fingerprint density at radius 1 is 1.61 bits per heavy atom. The number of amides is 1. The Kier molecular flexibility index (Phi) is 4.04. The van der Waals surface area contributed by atoms with E-state index in [9.17, 15) is 4.79 Å². The molecule has 2 rings (SSSR count). The zero-order valence-electron chi connectivity index (χ0n) is 10.5. The summed E-state index contributed by atoms with van der Waals surface area (Å²) in [6.07, 6.45) is 2.87. The van der Waals surface area contributed by atoms with Gasteiger partial charge in [-0.05, 0) is 6.07 Å². The zero-order valence-corrected chi connectivity index (χ0v) is 11.2. The first kappa shape index (κ1) is 13.1. The van der Waals surface area contributed by atoms with E-state index in [1.165, 1.54) is 0 Å². The maximum atomic E-state index is 11.9. The summed E-state index contributed by atoms with van der Waals surface area (Å²) >= 11 is 6.11. The molecule has 1 aromatic heterocycles. The summed E-state index contributed by atoms with van der Waals surface area (Å²) in [5.41, 5.74) is 0.895. The number of carbonyl (C=O) groups is 1. The molecule has 98 valence electrons. The van der Waals surface area contributed by atoms with Gasteiger partial charge in [0.25, 0.3) is 5.91 Å². The van der Waals surface area contributed by atoms with Crippen LogP contribution in [0.4, 0.5) is 5.69 Å². The maximum Gasteiger partial charge on any atom is 0.253 e. The second-order valence-electron chi connectivity index (χ2n) is 4.37. The van der Waals surface area contributed by atoms with E-state index in [4.69, 9.17) is 16.3 Å². The molecule has 1 aliphatic heterocycles. The third-order valence-electron chi connectivity index (χ3n) is 2.87. The second kappa shape index (κ2) is 5.54. The lowest BCUT2D eigenvalue weighted by Crippen LogP contribution is -2.49. The first-order valence-corrected chi connectivity index (χ1v) is 6.14. The molecule has 0 N–H and O–H groups in total. The van der Waals surface area contributed by atoms with Crippen LogP contribution in [0, 0.1) is 0 Å². The van der Waals surface area contributed by atoms with Crippen LogP contribution in [0.3, 0.4) is 0 Å². The van der Waals surface area contributed by atoms with Crippen molar-refractivity contribution < 1.29 is 9.53 Å². The van der Waals surface area contributed by atoms with E-state index in [1.807, 2.05) is 6.07 Å². The van der Waals surface area contributed by atoms with Crippen molar-refractivity contribution in [3.8, 4) is 0 Å². The molecule has 18 heavy (non-hydrogen) atoms. The molecule has 5 nitrogen and oxygen atoms in total. The number of morpholine rings is 1. The summed E-state index contributed by atoms with van der Waals surface area (Å²) in [5, 5.41) is 0.593. The fraction of sp³-hybridized carbons (Fsp3) is 0.500. The van der Waals surface area contributed by atoms with Crippen LogP contribution in [-0.2, 0) is 9.53 Å². The molecule has 1 fully saturated rings. The fourth-order valence-corrected chi connectivity index (χ4v) is 2.17. The molecule has 1 amide bonds. The minimum Gasteiger partial charge on any atom is -0.365 e. The highest BCUT2D eigenvalue weighted by Crippen LogP contribution is 2.25. The normalized spacial score (nSPS) is 19.7.